The standard InChI is InChI=1S/C10H9F3O2/c11-9-6-8(15-10(12)13)4-3-7(9)2-1-5-14/h3-6,10H,1-2H2. The van der Waals surface area contributed by atoms with Crippen LogP contribution >= 0.6 is 0 Å². The van der Waals surface area contributed by atoms with E-state index in [1.54, 1.807) is 0 Å². The van der Waals surface area contributed by atoms with Gasteiger partial charge in [0.05, 0.1) is 0 Å². The first-order chi connectivity index (χ1) is 7.13. The maximum Gasteiger partial charge on any atom is 0.387 e. The monoisotopic (exact) mass is 218 g/mol. The molecule has 0 aliphatic carbocycles. The Balaban J connectivity index is 2.73. The molecule has 0 aliphatic rings. The molecule has 0 N–H and O–H groups in total. The number of carbonyl (C=O) groups excluding carboxylic acids is 1. The lowest BCUT2D eigenvalue weighted by Crippen LogP contribution is -2.02. The fraction of sp³-hybridized carbons (Fsp3) is 0.300. The largest absolute Gasteiger partial charge is 0.435 e. The third-order valence-corrected chi connectivity index (χ3v) is 1.78. The molecule has 15 heavy (non-hydrogen) atoms. The van der Waals surface area contributed by atoms with E-state index in [-0.39, 0.29) is 18.6 Å². The van der Waals surface area contributed by atoms with Crippen LogP contribution in [0.15, 0.2) is 18.2 Å². The number of benzene rings is 1. The van der Waals surface area contributed by atoms with Crippen LogP contribution in [0.3, 0.4) is 0 Å². The van der Waals surface area contributed by atoms with Crippen LogP contribution in [-0.2, 0) is 11.2 Å². The number of ether oxygens (including phenoxy) is 1. The van der Waals surface area contributed by atoms with Gasteiger partial charge in [-0.3, -0.25) is 0 Å². The topological polar surface area (TPSA) is 26.3 Å². The van der Waals surface area contributed by atoms with E-state index < -0.39 is 12.4 Å². The Morgan fingerprint density at radius 2 is 2.13 bits per heavy atom. The molecule has 82 valence electrons. The van der Waals surface area contributed by atoms with E-state index in [0.717, 1.165) is 6.07 Å². The second kappa shape index (κ2) is 5.38. The van der Waals surface area contributed by atoms with Gasteiger partial charge in [-0.05, 0) is 18.1 Å². The normalized spacial score (nSPS) is 10.4. The quantitative estimate of drug-likeness (QED) is 0.710. The maximum atomic E-state index is 13.2. The molecule has 0 heterocycles. The van der Waals surface area contributed by atoms with E-state index in [1.165, 1.54) is 12.1 Å². The van der Waals surface area contributed by atoms with Crippen molar-refractivity contribution in [1.29, 1.82) is 0 Å². The van der Waals surface area contributed by atoms with Gasteiger partial charge in [-0.2, -0.15) is 8.78 Å². The zero-order valence-corrected chi connectivity index (χ0v) is 7.75. The van der Waals surface area contributed by atoms with E-state index >= 15 is 0 Å². The zero-order chi connectivity index (χ0) is 11.3. The predicted octanol–water partition coefficient (Wildman–Crippen LogP) is 2.56. The molecule has 1 rings (SSSR count). The number of aldehydes is 1. The van der Waals surface area contributed by atoms with Crippen molar-refractivity contribution in [1.82, 2.24) is 0 Å². The van der Waals surface area contributed by atoms with E-state index in [9.17, 15) is 18.0 Å². The van der Waals surface area contributed by atoms with Gasteiger partial charge in [-0.25, -0.2) is 4.39 Å². The number of halogens is 3. The average Bonchev–Trinajstić information content (AvgIpc) is 2.15. The van der Waals surface area contributed by atoms with Crippen LogP contribution in [-0.4, -0.2) is 12.9 Å². The number of hydrogen-bond acceptors (Lipinski definition) is 2. The maximum absolute atomic E-state index is 13.2. The minimum absolute atomic E-state index is 0.200. The van der Waals surface area contributed by atoms with Gasteiger partial charge >= 0.3 is 6.61 Å². The van der Waals surface area contributed by atoms with Gasteiger partial charge in [-0.1, -0.05) is 6.07 Å². The highest BCUT2D eigenvalue weighted by Crippen LogP contribution is 2.19. The van der Waals surface area contributed by atoms with Crippen molar-refractivity contribution in [3.63, 3.8) is 0 Å². The van der Waals surface area contributed by atoms with Crippen LogP contribution in [0.25, 0.3) is 0 Å². The fourth-order valence-electron chi connectivity index (χ4n) is 1.12. The highest BCUT2D eigenvalue weighted by molar-refractivity contribution is 5.50. The Kier molecular flexibility index (Phi) is 4.15. The predicted molar refractivity (Wildman–Crippen MR) is 47.4 cm³/mol. The van der Waals surface area contributed by atoms with Gasteiger partial charge < -0.3 is 9.53 Å². The van der Waals surface area contributed by atoms with E-state index in [4.69, 9.17) is 0 Å². The highest BCUT2D eigenvalue weighted by Gasteiger charge is 2.07. The molecule has 2 nitrogen and oxygen atoms in total. The fourth-order valence-corrected chi connectivity index (χ4v) is 1.12. The molecule has 0 spiro atoms. The van der Waals surface area contributed by atoms with E-state index in [0.29, 0.717) is 11.8 Å². The van der Waals surface area contributed by atoms with Crippen LogP contribution in [0.1, 0.15) is 12.0 Å². The van der Waals surface area contributed by atoms with Crippen LogP contribution in [0.2, 0.25) is 0 Å². The molecule has 0 aliphatic heterocycles. The Morgan fingerprint density at radius 1 is 1.40 bits per heavy atom. The van der Waals surface area contributed by atoms with E-state index in [2.05, 4.69) is 4.74 Å². The van der Waals surface area contributed by atoms with Crippen LogP contribution in [0, 0.1) is 5.82 Å². The van der Waals surface area contributed by atoms with Crippen LogP contribution in [0.4, 0.5) is 13.2 Å². The summed E-state index contributed by atoms with van der Waals surface area (Å²) in [6.45, 7) is -2.97. The van der Waals surface area contributed by atoms with Crippen LogP contribution < -0.4 is 4.74 Å². The molecule has 0 unspecified atom stereocenters. The minimum atomic E-state index is -2.97. The lowest BCUT2D eigenvalue weighted by Gasteiger charge is -2.06. The van der Waals surface area contributed by atoms with Crippen molar-refractivity contribution in [2.45, 2.75) is 19.5 Å². The highest BCUT2D eigenvalue weighted by atomic mass is 19.3. The Labute approximate surface area is 84.7 Å². The molecule has 0 atom stereocenters. The molecule has 0 aromatic heterocycles. The number of alkyl halides is 2. The zero-order valence-electron chi connectivity index (χ0n) is 7.75. The summed E-state index contributed by atoms with van der Waals surface area (Å²) in [5.41, 5.74) is 0.309. The van der Waals surface area contributed by atoms with Crippen molar-refractivity contribution in [2.75, 3.05) is 0 Å². The second-order valence-electron chi connectivity index (χ2n) is 2.84. The SMILES string of the molecule is O=CCCc1ccc(OC(F)F)cc1F. The Hall–Kier alpha value is -1.52. The summed E-state index contributed by atoms with van der Waals surface area (Å²) < 4.78 is 40.7. The minimum Gasteiger partial charge on any atom is -0.435 e. The molecule has 0 saturated carbocycles. The van der Waals surface area contributed by atoms with Crippen LogP contribution in [0.5, 0.6) is 5.75 Å². The van der Waals surface area contributed by atoms with Crippen molar-refractivity contribution < 1.29 is 22.7 Å². The summed E-state index contributed by atoms with van der Waals surface area (Å²) >= 11 is 0. The Morgan fingerprint density at radius 3 is 2.67 bits per heavy atom. The summed E-state index contributed by atoms with van der Waals surface area (Å²) in [5, 5.41) is 0. The van der Waals surface area contributed by atoms with Crippen molar-refractivity contribution in [2.24, 2.45) is 0 Å². The van der Waals surface area contributed by atoms with Gasteiger partial charge in [0.2, 0.25) is 0 Å². The van der Waals surface area contributed by atoms with Crippen molar-refractivity contribution in [3.05, 3.63) is 29.6 Å². The van der Waals surface area contributed by atoms with Gasteiger partial charge in [0.25, 0.3) is 0 Å². The first-order valence-electron chi connectivity index (χ1n) is 4.30. The molecule has 0 saturated heterocycles. The lowest BCUT2D eigenvalue weighted by atomic mass is 10.1. The van der Waals surface area contributed by atoms with Gasteiger partial charge in [-0.15, -0.1) is 0 Å². The van der Waals surface area contributed by atoms with Crippen molar-refractivity contribution in [3.8, 4) is 5.75 Å². The molecular formula is C10H9F3O2. The number of carbonyl (C=O) groups is 1. The number of hydrogen-bond donors (Lipinski definition) is 0. The Bertz CT molecular complexity index is 339. The molecule has 5 heteroatoms. The summed E-state index contributed by atoms with van der Waals surface area (Å²) in [6.07, 6.45) is 1.12. The number of aryl methyl sites for hydroxylation is 1. The van der Waals surface area contributed by atoms with E-state index in [1.807, 2.05) is 0 Å². The second-order valence-corrected chi connectivity index (χ2v) is 2.84. The summed E-state index contributed by atoms with van der Waals surface area (Å²) in [5.74, 6) is -0.868. The summed E-state index contributed by atoms with van der Waals surface area (Å²) in [7, 11) is 0. The molecule has 0 fully saturated rings. The van der Waals surface area contributed by atoms with Gasteiger partial charge in [0, 0.05) is 12.5 Å². The summed E-state index contributed by atoms with van der Waals surface area (Å²) in [4.78, 5) is 10.1. The smallest absolute Gasteiger partial charge is 0.387 e. The molecule has 0 bridgehead atoms. The molecule has 0 radical (unpaired) electrons. The first-order valence-corrected chi connectivity index (χ1v) is 4.30. The number of rotatable bonds is 5. The summed E-state index contributed by atoms with van der Waals surface area (Å²) in [6, 6.07) is 3.46. The first kappa shape index (κ1) is 11.6. The molecule has 0 amide bonds. The molecular weight excluding hydrogens is 209 g/mol. The van der Waals surface area contributed by atoms with Crippen molar-refractivity contribution >= 4 is 6.29 Å². The van der Waals surface area contributed by atoms with Gasteiger partial charge in [0.15, 0.2) is 0 Å². The average molecular weight is 218 g/mol. The lowest BCUT2D eigenvalue weighted by molar-refractivity contribution is -0.107. The molecule has 1 aromatic rings. The molecule has 1 aromatic carbocycles. The third kappa shape index (κ3) is 3.61. The van der Waals surface area contributed by atoms with Gasteiger partial charge in [0.1, 0.15) is 17.9 Å². The third-order valence-electron chi connectivity index (χ3n) is 1.78.